The molecule has 0 aliphatic rings. The summed E-state index contributed by atoms with van der Waals surface area (Å²) in [6.07, 6.45) is 3.47. The van der Waals surface area contributed by atoms with E-state index >= 15 is 0 Å². The molecule has 0 aliphatic heterocycles. The minimum Gasteiger partial charge on any atom is -0.462 e. The predicted molar refractivity (Wildman–Crippen MR) is 83.6 cm³/mol. The number of esters is 2. The summed E-state index contributed by atoms with van der Waals surface area (Å²) >= 11 is 0. The lowest BCUT2D eigenvalue weighted by atomic mass is 10.1. The number of hydrogen-bond donors (Lipinski definition) is 0. The fraction of sp³-hybridized carbons (Fsp3) is 0.438. The quantitative estimate of drug-likeness (QED) is 0.751. The zero-order valence-corrected chi connectivity index (χ0v) is 13.7. The number of ether oxygens (including phenoxy) is 2. The molecule has 1 aromatic rings. The van der Waals surface area contributed by atoms with Crippen LogP contribution in [0.5, 0.6) is 0 Å². The van der Waals surface area contributed by atoms with Crippen LogP contribution in [0.3, 0.4) is 0 Å². The van der Waals surface area contributed by atoms with Gasteiger partial charge in [-0.2, -0.15) is 0 Å². The number of pyridine rings is 1. The minimum atomic E-state index is -0.515. The van der Waals surface area contributed by atoms with E-state index in [2.05, 4.69) is 4.98 Å². The molecule has 0 fully saturated rings. The van der Waals surface area contributed by atoms with Crippen molar-refractivity contribution in [3.05, 3.63) is 34.8 Å². The maximum atomic E-state index is 12.1. The topological polar surface area (TPSA) is 68.7 Å². The highest BCUT2D eigenvalue weighted by Gasteiger charge is 2.19. The molecule has 0 aromatic carbocycles. The van der Waals surface area contributed by atoms with Crippen molar-refractivity contribution in [3.63, 3.8) is 0 Å². The van der Waals surface area contributed by atoms with Gasteiger partial charge >= 0.3 is 11.9 Å². The van der Waals surface area contributed by atoms with Crippen molar-refractivity contribution < 1.29 is 19.1 Å². The fourth-order valence-corrected chi connectivity index (χ4v) is 1.76. The van der Waals surface area contributed by atoms with Crippen LogP contribution in [0, 0.1) is 6.92 Å². The Labute approximate surface area is 130 Å². The van der Waals surface area contributed by atoms with Crippen molar-refractivity contribution in [1.82, 2.24) is 9.88 Å². The van der Waals surface area contributed by atoms with Gasteiger partial charge in [0.1, 0.15) is 0 Å². The number of nitrogens with zero attached hydrogens (tertiary/aromatic N) is 2. The van der Waals surface area contributed by atoms with E-state index in [4.69, 9.17) is 9.47 Å². The van der Waals surface area contributed by atoms with Crippen LogP contribution in [-0.4, -0.2) is 49.1 Å². The molecule has 6 heteroatoms. The van der Waals surface area contributed by atoms with E-state index < -0.39 is 11.9 Å². The zero-order valence-electron chi connectivity index (χ0n) is 13.7. The highest BCUT2D eigenvalue weighted by Crippen LogP contribution is 2.17. The van der Waals surface area contributed by atoms with Gasteiger partial charge in [0.25, 0.3) is 0 Å². The summed E-state index contributed by atoms with van der Waals surface area (Å²) in [7, 11) is 3.72. The Hall–Kier alpha value is -2.37. The molecule has 0 radical (unpaired) electrons. The molecule has 0 amide bonds. The van der Waals surface area contributed by atoms with Crippen LogP contribution in [0.15, 0.2) is 12.3 Å². The number of carbonyl (C=O) groups is 2. The molecule has 1 heterocycles. The summed E-state index contributed by atoms with van der Waals surface area (Å²) in [6, 6.07) is 1.48. The highest BCUT2D eigenvalue weighted by molar-refractivity contribution is 5.98. The zero-order chi connectivity index (χ0) is 16.7. The van der Waals surface area contributed by atoms with E-state index in [0.717, 1.165) is 0 Å². The Morgan fingerprint density at radius 2 is 1.68 bits per heavy atom. The van der Waals surface area contributed by atoms with Gasteiger partial charge in [-0.05, 0) is 32.9 Å². The van der Waals surface area contributed by atoms with E-state index in [1.165, 1.54) is 6.07 Å². The summed E-state index contributed by atoms with van der Waals surface area (Å²) in [5, 5.41) is 0. The average molecular weight is 306 g/mol. The van der Waals surface area contributed by atoms with Gasteiger partial charge in [0.05, 0.1) is 35.7 Å². The Balaban J connectivity index is 3.35. The second-order valence-electron chi connectivity index (χ2n) is 4.77. The van der Waals surface area contributed by atoms with Crippen LogP contribution in [-0.2, 0) is 9.47 Å². The lowest BCUT2D eigenvalue weighted by molar-refractivity contribution is 0.0523. The third-order valence-electron chi connectivity index (χ3n) is 2.76. The molecule has 0 atom stereocenters. The SMILES string of the molecule is CCOC(=O)c1cc(C(=O)OCC)c(C=CN(C)C)nc1C. The van der Waals surface area contributed by atoms with Crippen molar-refractivity contribution in [3.8, 4) is 0 Å². The lowest BCUT2D eigenvalue weighted by Gasteiger charge is -2.11. The van der Waals surface area contributed by atoms with Crippen molar-refractivity contribution in [1.29, 1.82) is 0 Å². The highest BCUT2D eigenvalue weighted by atomic mass is 16.5. The molecule has 6 nitrogen and oxygen atoms in total. The van der Waals surface area contributed by atoms with Crippen LogP contribution in [0.2, 0.25) is 0 Å². The molecular weight excluding hydrogens is 284 g/mol. The predicted octanol–water partition coefficient (Wildman–Crippen LogP) is 2.28. The molecule has 120 valence electrons. The number of aryl methyl sites for hydroxylation is 1. The molecule has 0 aliphatic carbocycles. The van der Waals surface area contributed by atoms with E-state index in [-0.39, 0.29) is 24.3 Å². The molecule has 1 rings (SSSR count). The first-order chi connectivity index (χ1) is 10.4. The first kappa shape index (κ1) is 17.7. The first-order valence-corrected chi connectivity index (χ1v) is 7.11. The third kappa shape index (κ3) is 4.58. The minimum absolute atomic E-state index is 0.244. The molecule has 22 heavy (non-hydrogen) atoms. The maximum Gasteiger partial charge on any atom is 0.340 e. The smallest absolute Gasteiger partial charge is 0.340 e. The normalized spacial score (nSPS) is 10.6. The van der Waals surface area contributed by atoms with E-state index in [1.54, 1.807) is 33.0 Å². The van der Waals surface area contributed by atoms with E-state index in [9.17, 15) is 9.59 Å². The van der Waals surface area contributed by atoms with Crippen LogP contribution < -0.4 is 0 Å². The Morgan fingerprint density at radius 1 is 1.14 bits per heavy atom. The van der Waals surface area contributed by atoms with Gasteiger partial charge < -0.3 is 14.4 Å². The summed E-state index contributed by atoms with van der Waals surface area (Å²) in [4.78, 5) is 30.2. The second-order valence-corrected chi connectivity index (χ2v) is 4.77. The maximum absolute atomic E-state index is 12.1. The summed E-state index contributed by atoms with van der Waals surface area (Å²) in [5.74, 6) is -1.01. The molecule has 0 saturated heterocycles. The van der Waals surface area contributed by atoms with Gasteiger partial charge in [-0.1, -0.05) is 0 Å². The Bertz CT molecular complexity index is 580. The molecule has 0 unspecified atom stereocenters. The molecule has 0 N–H and O–H groups in total. The van der Waals surface area contributed by atoms with Gasteiger partial charge in [0.15, 0.2) is 0 Å². The summed E-state index contributed by atoms with van der Waals surface area (Å²) in [6.45, 7) is 5.66. The van der Waals surface area contributed by atoms with Gasteiger partial charge in [0, 0.05) is 20.3 Å². The van der Waals surface area contributed by atoms with Crippen molar-refractivity contribution in [2.24, 2.45) is 0 Å². The van der Waals surface area contributed by atoms with Crippen LogP contribution in [0.1, 0.15) is 46.0 Å². The van der Waals surface area contributed by atoms with Crippen molar-refractivity contribution in [2.45, 2.75) is 20.8 Å². The van der Waals surface area contributed by atoms with Crippen molar-refractivity contribution in [2.75, 3.05) is 27.3 Å². The van der Waals surface area contributed by atoms with Gasteiger partial charge in [-0.15, -0.1) is 0 Å². The molecule has 0 bridgehead atoms. The van der Waals surface area contributed by atoms with Gasteiger partial charge in [-0.3, -0.25) is 4.98 Å². The van der Waals surface area contributed by atoms with E-state index in [1.807, 2.05) is 19.0 Å². The molecule has 0 spiro atoms. The number of aromatic nitrogens is 1. The number of rotatable bonds is 6. The molecule has 0 saturated carbocycles. The van der Waals surface area contributed by atoms with Gasteiger partial charge in [-0.25, -0.2) is 9.59 Å². The Morgan fingerprint density at radius 3 is 2.18 bits per heavy atom. The standard InChI is InChI=1S/C16H22N2O4/c1-6-21-15(19)12-10-13(16(20)22-7-2)14(17-11(12)3)8-9-18(4)5/h8-10H,6-7H2,1-5H3. The van der Waals surface area contributed by atoms with E-state index in [0.29, 0.717) is 11.4 Å². The number of carbonyl (C=O) groups excluding carboxylic acids is 2. The average Bonchev–Trinajstić information content (AvgIpc) is 2.45. The monoisotopic (exact) mass is 306 g/mol. The third-order valence-corrected chi connectivity index (χ3v) is 2.76. The molecule has 1 aromatic heterocycles. The van der Waals surface area contributed by atoms with Crippen LogP contribution in [0.25, 0.3) is 6.08 Å². The fourth-order valence-electron chi connectivity index (χ4n) is 1.76. The molecular formula is C16H22N2O4. The Kier molecular flexibility index (Phi) is 6.56. The first-order valence-electron chi connectivity index (χ1n) is 7.11. The largest absolute Gasteiger partial charge is 0.462 e. The van der Waals surface area contributed by atoms with Crippen LogP contribution >= 0.6 is 0 Å². The van der Waals surface area contributed by atoms with Crippen LogP contribution in [0.4, 0.5) is 0 Å². The van der Waals surface area contributed by atoms with Gasteiger partial charge in [0.2, 0.25) is 0 Å². The summed E-state index contributed by atoms with van der Waals surface area (Å²) in [5.41, 5.74) is 1.48. The second kappa shape index (κ2) is 8.17. The van der Waals surface area contributed by atoms with Crippen molar-refractivity contribution >= 4 is 18.0 Å². The summed E-state index contributed by atoms with van der Waals surface area (Å²) < 4.78 is 10.0. The lowest BCUT2D eigenvalue weighted by Crippen LogP contribution is -2.14. The number of hydrogen-bond acceptors (Lipinski definition) is 6.